The third kappa shape index (κ3) is 7.46. The number of likely N-dealkylation sites (tertiary alicyclic amines) is 1. The smallest absolute Gasteiger partial charge is 0.410 e. The number of aromatic nitrogens is 2. The molecule has 2 amide bonds. The number of aryl methyl sites for hydroxylation is 1. The monoisotopic (exact) mass is 530 g/mol. The van der Waals surface area contributed by atoms with E-state index >= 15 is 0 Å². The van der Waals surface area contributed by atoms with Gasteiger partial charge in [-0.15, -0.1) is 0 Å². The Bertz CT molecular complexity index is 1120. The third-order valence-corrected chi connectivity index (χ3v) is 6.54. The molecule has 3 heterocycles. The molecule has 1 fully saturated rings. The van der Waals surface area contributed by atoms with E-state index in [2.05, 4.69) is 0 Å². The van der Waals surface area contributed by atoms with Crippen LogP contribution in [0, 0.1) is 11.8 Å². The molecular formula is C28H42N4O6. The number of hydrogen-bond donors (Lipinski definition) is 1. The highest BCUT2D eigenvalue weighted by Gasteiger charge is 2.40. The number of rotatable bonds is 10. The Morgan fingerprint density at radius 2 is 1.92 bits per heavy atom. The molecule has 1 aliphatic heterocycles. The minimum atomic E-state index is -0.994. The Balaban J connectivity index is 1.97. The van der Waals surface area contributed by atoms with E-state index in [9.17, 15) is 19.5 Å². The molecule has 0 aromatic carbocycles. The van der Waals surface area contributed by atoms with E-state index in [1.807, 2.05) is 42.6 Å². The van der Waals surface area contributed by atoms with E-state index in [4.69, 9.17) is 14.5 Å². The first kappa shape index (κ1) is 29.4. The highest BCUT2D eigenvalue weighted by molar-refractivity contribution is 5.95. The van der Waals surface area contributed by atoms with Gasteiger partial charge in [0.2, 0.25) is 0 Å². The summed E-state index contributed by atoms with van der Waals surface area (Å²) in [6.07, 6.45) is 3.92. The van der Waals surface area contributed by atoms with Gasteiger partial charge in [0, 0.05) is 39.5 Å². The van der Waals surface area contributed by atoms with Crippen molar-refractivity contribution >= 4 is 23.6 Å². The molecule has 210 valence electrons. The second kappa shape index (κ2) is 12.6. The van der Waals surface area contributed by atoms with E-state index in [-0.39, 0.29) is 31.3 Å². The van der Waals surface area contributed by atoms with Gasteiger partial charge < -0.3 is 28.8 Å². The van der Waals surface area contributed by atoms with Crippen molar-refractivity contribution in [2.24, 2.45) is 11.8 Å². The molecule has 0 bridgehead atoms. The Labute approximate surface area is 224 Å². The van der Waals surface area contributed by atoms with Crippen molar-refractivity contribution in [2.45, 2.75) is 71.9 Å². The summed E-state index contributed by atoms with van der Waals surface area (Å²) in [5, 5.41) is 9.88. The van der Waals surface area contributed by atoms with Gasteiger partial charge in [-0.3, -0.25) is 9.59 Å². The van der Waals surface area contributed by atoms with Gasteiger partial charge in [0.25, 0.3) is 5.91 Å². The number of methoxy groups -OCH3 is 1. The number of unbranched alkanes of at least 4 members (excludes halogenated alkanes) is 1. The predicted molar refractivity (Wildman–Crippen MR) is 143 cm³/mol. The Morgan fingerprint density at radius 3 is 2.55 bits per heavy atom. The normalized spacial score (nSPS) is 18.1. The van der Waals surface area contributed by atoms with Crippen molar-refractivity contribution in [2.75, 3.05) is 33.4 Å². The zero-order chi connectivity index (χ0) is 28.0. The Morgan fingerprint density at radius 1 is 1.18 bits per heavy atom. The molecule has 0 radical (unpaired) electrons. The van der Waals surface area contributed by atoms with Crippen LogP contribution in [-0.2, 0) is 20.7 Å². The number of carboxylic acids is 1. The number of carbonyl (C=O) groups excluding carboxylic acids is 2. The molecule has 3 rings (SSSR count). The summed E-state index contributed by atoms with van der Waals surface area (Å²) < 4.78 is 12.7. The van der Waals surface area contributed by atoms with Crippen molar-refractivity contribution in [3.05, 3.63) is 35.8 Å². The topological polar surface area (TPSA) is 114 Å². The number of imidazole rings is 1. The van der Waals surface area contributed by atoms with Gasteiger partial charge in [0.1, 0.15) is 11.2 Å². The zero-order valence-electron chi connectivity index (χ0n) is 23.5. The summed E-state index contributed by atoms with van der Waals surface area (Å²) >= 11 is 0. The van der Waals surface area contributed by atoms with Gasteiger partial charge in [0.05, 0.1) is 17.7 Å². The molecule has 0 unspecified atom stereocenters. The van der Waals surface area contributed by atoms with Crippen LogP contribution in [0.4, 0.5) is 4.79 Å². The van der Waals surface area contributed by atoms with Crippen LogP contribution in [0.2, 0.25) is 0 Å². The average Bonchev–Trinajstić information content (AvgIpc) is 3.22. The number of carboxylic acid groups (broad SMARTS) is 1. The number of piperidine rings is 1. The van der Waals surface area contributed by atoms with Crippen LogP contribution in [-0.4, -0.2) is 87.3 Å². The molecule has 10 nitrogen and oxygen atoms in total. The highest BCUT2D eigenvalue weighted by Crippen LogP contribution is 2.27. The molecule has 2 aromatic heterocycles. The van der Waals surface area contributed by atoms with E-state index in [1.165, 1.54) is 4.90 Å². The third-order valence-electron chi connectivity index (χ3n) is 6.54. The number of carbonyl (C=O) groups is 3. The quantitative estimate of drug-likeness (QED) is 0.460. The fourth-order valence-corrected chi connectivity index (χ4v) is 4.88. The van der Waals surface area contributed by atoms with Crippen molar-refractivity contribution in [3.8, 4) is 0 Å². The van der Waals surface area contributed by atoms with Gasteiger partial charge in [-0.05, 0) is 64.5 Å². The number of pyridine rings is 1. The molecule has 0 aliphatic carbocycles. The molecule has 2 aromatic rings. The summed E-state index contributed by atoms with van der Waals surface area (Å²) in [5.74, 6) is -1.92. The Kier molecular flexibility index (Phi) is 9.76. The van der Waals surface area contributed by atoms with Gasteiger partial charge in [-0.1, -0.05) is 19.9 Å². The maximum absolute atomic E-state index is 14.2. The standard InChI is InChI=1S/C28H42N4O6/c1-19(2)16-32(21-15-20(26(34)35)17-30(18-21)27(36)38-28(3,4)5)25(33)24-22(11-8-10-14-37-6)31-13-9-7-12-23(31)29-24/h7,9,12-13,19-21H,8,10-11,14-18H2,1-6H3,(H,34,35)/t20-,21+/m1/s1. The van der Waals surface area contributed by atoms with Gasteiger partial charge in [-0.2, -0.15) is 0 Å². The largest absolute Gasteiger partial charge is 0.481 e. The zero-order valence-corrected chi connectivity index (χ0v) is 23.5. The van der Waals surface area contributed by atoms with E-state index in [0.29, 0.717) is 30.9 Å². The Hall–Kier alpha value is -3.14. The van der Waals surface area contributed by atoms with Gasteiger partial charge >= 0.3 is 12.1 Å². The molecular weight excluding hydrogens is 488 g/mol. The molecule has 1 N–H and O–H groups in total. The van der Waals surface area contributed by atoms with Crippen molar-refractivity contribution in [1.29, 1.82) is 0 Å². The first-order valence-corrected chi connectivity index (χ1v) is 13.4. The molecule has 38 heavy (non-hydrogen) atoms. The molecule has 2 atom stereocenters. The highest BCUT2D eigenvalue weighted by atomic mass is 16.6. The first-order valence-electron chi connectivity index (χ1n) is 13.4. The van der Waals surface area contributed by atoms with E-state index in [0.717, 1.165) is 18.5 Å². The fraction of sp³-hybridized carbons (Fsp3) is 0.643. The lowest BCUT2D eigenvalue weighted by Crippen LogP contribution is -2.56. The number of aliphatic carboxylic acids is 1. The van der Waals surface area contributed by atoms with E-state index in [1.54, 1.807) is 32.8 Å². The maximum atomic E-state index is 14.2. The number of nitrogens with zero attached hydrogens (tertiary/aromatic N) is 4. The maximum Gasteiger partial charge on any atom is 0.410 e. The predicted octanol–water partition coefficient (Wildman–Crippen LogP) is 4.11. The molecule has 0 spiro atoms. The van der Waals surface area contributed by atoms with Crippen LogP contribution < -0.4 is 0 Å². The number of ether oxygens (including phenoxy) is 2. The molecule has 10 heteroatoms. The summed E-state index contributed by atoms with van der Waals surface area (Å²) in [6, 6.07) is 5.17. The average molecular weight is 531 g/mol. The summed E-state index contributed by atoms with van der Waals surface area (Å²) in [6.45, 7) is 10.6. The molecule has 1 aliphatic rings. The number of amides is 2. The van der Waals surface area contributed by atoms with Crippen molar-refractivity contribution < 1.29 is 29.0 Å². The van der Waals surface area contributed by atoms with Crippen LogP contribution >= 0.6 is 0 Å². The minimum Gasteiger partial charge on any atom is -0.481 e. The minimum absolute atomic E-state index is 0.0452. The lowest BCUT2D eigenvalue weighted by molar-refractivity contribution is -0.144. The van der Waals surface area contributed by atoms with Gasteiger partial charge in [0.15, 0.2) is 5.69 Å². The van der Waals surface area contributed by atoms with Crippen LogP contribution in [0.5, 0.6) is 0 Å². The lowest BCUT2D eigenvalue weighted by Gasteiger charge is -2.42. The summed E-state index contributed by atoms with van der Waals surface area (Å²) in [7, 11) is 1.67. The first-order chi connectivity index (χ1) is 17.9. The van der Waals surface area contributed by atoms with Crippen LogP contribution in [0.1, 0.15) is 70.1 Å². The van der Waals surface area contributed by atoms with Crippen LogP contribution in [0.25, 0.3) is 5.65 Å². The van der Waals surface area contributed by atoms with Gasteiger partial charge in [-0.25, -0.2) is 9.78 Å². The summed E-state index contributed by atoms with van der Waals surface area (Å²) in [4.78, 5) is 47.0. The summed E-state index contributed by atoms with van der Waals surface area (Å²) in [5.41, 5.74) is 1.16. The second-order valence-corrected chi connectivity index (χ2v) is 11.4. The van der Waals surface area contributed by atoms with Crippen LogP contribution in [0.15, 0.2) is 24.4 Å². The number of hydrogen-bond acceptors (Lipinski definition) is 6. The molecule has 0 saturated carbocycles. The fourth-order valence-electron chi connectivity index (χ4n) is 4.88. The lowest BCUT2D eigenvalue weighted by atomic mass is 9.92. The van der Waals surface area contributed by atoms with Crippen LogP contribution in [0.3, 0.4) is 0 Å². The molecule has 1 saturated heterocycles. The second-order valence-electron chi connectivity index (χ2n) is 11.4. The van der Waals surface area contributed by atoms with Crippen molar-refractivity contribution in [1.82, 2.24) is 19.2 Å². The SMILES string of the molecule is COCCCCc1c(C(=O)N(CC(C)C)[C@H]2C[C@@H](C(=O)O)CN(C(=O)OC(C)(C)C)C2)nc2ccccn12. The van der Waals surface area contributed by atoms with Crippen molar-refractivity contribution in [3.63, 3.8) is 0 Å². The number of fused-ring (bicyclic) bond motifs is 1. The van der Waals surface area contributed by atoms with E-state index < -0.39 is 29.6 Å².